The average Bonchev–Trinajstić information content (AvgIpc) is 2.37. The Morgan fingerprint density at radius 1 is 1.80 bits per heavy atom. The minimum Gasteiger partial charge on any atom is -0.438 e. The number of aromatic nitrogens is 1. The number of hydrogen-bond donors (Lipinski definition) is 1. The Kier molecular flexibility index (Phi) is 2.17. The van der Waals surface area contributed by atoms with Crippen LogP contribution < -0.4 is 0 Å². The number of aliphatic hydroxyl groups is 1. The molecule has 0 saturated heterocycles. The highest BCUT2D eigenvalue weighted by Crippen LogP contribution is 2.00. The zero-order valence-corrected chi connectivity index (χ0v) is 5.28. The molecular formula is C6H7NO3. The molecule has 0 radical (unpaired) electrons. The van der Waals surface area contributed by atoms with E-state index in [1.165, 1.54) is 6.20 Å². The molecule has 10 heavy (non-hydrogen) atoms. The van der Waals surface area contributed by atoms with E-state index in [0.29, 0.717) is 18.6 Å². The Hall–Kier alpha value is -1.16. The predicted molar refractivity (Wildman–Crippen MR) is 32.7 cm³/mol. The largest absolute Gasteiger partial charge is 0.438 e. The van der Waals surface area contributed by atoms with Crippen molar-refractivity contribution in [3.05, 3.63) is 17.8 Å². The van der Waals surface area contributed by atoms with Gasteiger partial charge in [-0.2, -0.15) is 0 Å². The Balaban J connectivity index is 2.68. The van der Waals surface area contributed by atoms with E-state index < -0.39 is 0 Å². The topological polar surface area (TPSA) is 63.3 Å². The Morgan fingerprint density at radius 3 is 3.10 bits per heavy atom. The van der Waals surface area contributed by atoms with E-state index in [-0.39, 0.29) is 12.4 Å². The molecule has 1 aromatic heterocycles. The Morgan fingerprint density at radius 2 is 2.60 bits per heavy atom. The third kappa shape index (κ3) is 1.41. The molecule has 1 aromatic rings. The zero-order chi connectivity index (χ0) is 7.40. The summed E-state index contributed by atoms with van der Waals surface area (Å²) in [5, 5.41) is 8.41. The highest BCUT2D eigenvalue weighted by Gasteiger charge is 1.99. The average molecular weight is 141 g/mol. The third-order valence-electron chi connectivity index (χ3n) is 1.01. The van der Waals surface area contributed by atoms with Crippen LogP contribution >= 0.6 is 0 Å². The first-order valence-corrected chi connectivity index (χ1v) is 2.87. The lowest BCUT2D eigenvalue weighted by Crippen LogP contribution is -1.88. The quantitative estimate of drug-likeness (QED) is 0.603. The van der Waals surface area contributed by atoms with E-state index in [0.717, 1.165) is 0 Å². The van der Waals surface area contributed by atoms with Crippen molar-refractivity contribution in [2.24, 2.45) is 0 Å². The van der Waals surface area contributed by atoms with Gasteiger partial charge in [-0.25, -0.2) is 4.98 Å². The molecule has 0 amide bonds. The standard InChI is InChI=1S/C6H7NO3/c8-2-1-6-7-3-5(4-9)10-6/h3-4,8H,1-2H2. The number of aldehydes is 1. The van der Waals surface area contributed by atoms with Crippen LogP contribution in [0.5, 0.6) is 0 Å². The van der Waals surface area contributed by atoms with Crippen LogP contribution in [0.2, 0.25) is 0 Å². The van der Waals surface area contributed by atoms with Crippen LogP contribution in [0.3, 0.4) is 0 Å². The number of rotatable bonds is 3. The maximum absolute atomic E-state index is 10.0. The molecule has 1 N–H and O–H groups in total. The molecule has 54 valence electrons. The van der Waals surface area contributed by atoms with Crippen LogP contribution in [0.4, 0.5) is 0 Å². The highest BCUT2D eigenvalue weighted by atomic mass is 16.4. The molecule has 4 nitrogen and oxygen atoms in total. The number of nitrogens with zero attached hydrogens (tertiary/aromatic N) is 1. The summed E-state index contributed by atoms with van der Waals surface area (Å²) in [4.78, 5) is 13.7. The molecule has 1 rings (SSSR count). The van der Waals surface area contributed by atoms with Crippen molar-refractivity contribution in [3.8, 4) is 0 Å². The molecule has 0 aliphatic carbocycles. The van der Waals surface area contributed by atoms with Gasteiger partial charge in [0.2, 0.25) is 0 Å². The van der Waals surface area contributed by atoms with Crippen molar-refractivity contribution in [3.63, 3.8) is 0 Å². The number of aliphatic hydroxyl groups excluding tert-OH is 1. The summed E-state index contributed by atoms with van der Waals surface area (Å²) in [7, 11) is 0. The summed E-state index contributed by atoms with van der Waals surface area (Å²) in [6, 6.07) is 0. The second-order valence-electron chi connectivity index (χ2n) is 1.75. The van der Waals surface area contributed by atoms with Gasteiger partial charge in [-0.05, 0) is 0 Å². The number of oxazole rings is 1. The van der Waals surface area contributed by atoms with Crippen molar-refractivity contribution in [2.45, 2.75) is 6.42 Å². The molecule has 0 aromatic carbocycles. The minimum absolute atomic E-state index is 0.0151. The second kappa shape index (κ2) is 3.12. The van der Waals surface area contributed by atoms with Gasteiger partial charge in [0.25, 0.3) is 0 Å². The number of carbonyl (C=O) groups is 1. The first-order valence-electron chi connectivity index (χ1n) is 2.87. The van der Waals surface area contributed by atoms with Crippen molar-refractivity contribution in [1.29, 1.82) is 0 Å². The molecule has 0 aliphatic rings. The zero-order valence-electron chi connectivity index (χ0n) is 5.28. The van der Waals surface area contributed by atoms with Gasteiger partial charge in [0.05, 0.1) is 12.8 Å². The van der Waals surface area contributed by atoms with Gasteiger partial charge < -0.3 is 9.52 Å². The predicted octanol–water partition coefficient (Wildman–Crippen LogP) is 0.0219. The van der Waals surface area contributed by atoms with Gasteiger partial charge in [0, 0.05) is 6.42 Å². The molecule has 0 fully saturated rings. The lowest BCUT2D eigenvalue weighted by Gasteiger charge is -1.85. The molecule has 1 heterocycles. The van der Waals surface area contributed by atoms with Gasteiger partial charge in [-0.3, -0.25) is 4.79 Å². The maximum atomic E-state index is 10.0. The fourth-order valence-electron chi connectivity index (χ4n) is 0.590. The van der Waals surface area contributed by atoms with Crippen LogP contribution in [-0.4, -0.2) is 23.0 Å². The summed E-state index contributed by atoms with van der Waals surface area (Å²) in [5.74, 6) is 0.591. The van der Waals surface area contributed by atoms with E-state index in [4.69, 9.17) is 9.52 Å². The van der Waals surface area contributed by atoms with E-state index in [1.807, 2.05) is 0 Å². The summed E-state index contributed by atoms with van der Waals surface area (Å²) in [5.41, 5.74) is 0. The van der Waals surface area contributed by atoms with E-state index in [1.54, 1.807) is 0 Å². The van der Waals surface area contributed by atoms with Gasteiger partial charge in [-0.1, -0.05) is 0 Å². The van der Waals surface area contributed by atoms with Gasteiger partial charge >= 0.3 is 0 Å². The van der Waals surface area contributed by atoms with Crippen molar-refractivity contribution >= 4 is 6.29 Å². The smallest absolute Gasteiger partial charge is 0.197 e. The summed E-state index contributed by atoms with van der Waals surface area (Å²) >= 11 is 0. The summed E-state index contributed by atoms with van der Waals surface area (Å²) < 4.78 is 4.83. The van der Waals surface area contributed by atoms with Crippen LogP contribution in [0.25, 0.3) is 0 Å². The van der Waals surface area contributed by atoms with E-state index >= 15 is 0 Å². The first-order chi connectivity index (χ1) is 4.86. The molecule has 0 aliphatic heterocycles. The third-order valence-corrected chi connectivity index (χ3v) is 1.01. The molecule has 0 unspecified atom stereocenters. The number of hydrogen-bond acceptors (Lipinski definition) is 4. The van der Waals surface area contributed by atoms with E-state index in [9.17, 15) is 4.79 Å². The molecule has 0 atom stereocenters. The molecule has 0 spiro atoms. The van der Waals surface area contributed by atoms with Gasteiger partial charge in [0.15, 0.2) is 17.9 Å². The molecular weight excluding hydrogens is 134 g/mol. The molecule has 4 heteroatoms. The monoisotopic (exact) mass is 141 g/mol. The van der Waals surface area contributed by atoms with Crippen molar-refractivity contribution in [2.75, 3.05) is 6.61 Å². The lowest BCUT2D eigenvalue weighted by molar-refractivity contribution is 0.109. The first kappa shape index (κ1) is 6.95. The maximum Gasteiger partial charge on any atom is 0.197 e. The van der Waals surface area contributed by atoms with E-state index in [2.05, 4.69) is 4.98 Å². The Labute approximate surface area is 57.5 Å². The Bertz CT molecular complexity index is 219. The summed E-state index contributed by atoms with van der Waals surface area (Å²) in [6.45, 7) is -0.0151. The lowest BCUT2D eigenvalue weighted by atomic mass is 10.5. The number of carbonyl (C=O) groups excluding carboxylic acids is 1. The fraction of sp³-hybridized carbons (Fsp3) is 0.333. The summed E-state index contributed by atoms with van der Waals surface area (Å²) in [6.07, 6.45) is 2.26. The SMILES string of the molecule is O=Cc1cnc(CCO)o1. The molecule has 0 bridgehead atoms. The highest BCUT2D eigenvalue weighted by molar-refractivity contribution is 5.69. The normalized spacial score (nSPS) is 9.70. The van der Waals surface area contributed by atoms with Crippen LogP contribution in [0.1, 0.15) is 16.4 Å². The van der Waals surface area contributed by atoms with Crippen LogP contribution in [-0.2, 0) is 6.42 Å². The van der Waals surface area contributed by atoms with Crippen LogP contribution in [0, 0.1) is 0 Å². The van der Waals surface area contributed by atoms with Gasteiger partial charge in [-0.15, -0.1) is 0 Å². The van der Waals surface area contributed by atoms with Gasteiger partial charge in [0.1, 0.15) is 0 Å². The second-order valence-corrected chi connectivity index (χ2v) is 1.75. The minimum atomic E-state index is -0.0151. The molecule has 0 saturated carbocycles. The fourth-order valence-corrected chi connectivity index (χ4v) is 0.590. The van der Waals surface area contributed by atoms with Crippen molar-refractivity contribution in [1.82, 2.24) is 4.98 Å². The van der Waals surface area contributed by atoms with Crippen LogP contribution in [0.15, 0.2) is 10.6 Å². The van der Waals surface area contributed by atoms with Crippen molar-refractivity contribution < 1.29 is 14.3 Å².